The average molecular weight is 222 g/mol. The molecule has 80 valence electrons. The summed E-state index contributed by atoms with van der Waals surface area (Å²) in [5.41, 5.74) is 2.75. The fourth-order valence-electron chi connectivity index (χ4n) is 1.94. The molecule has 0 radical (unpaired) electrons. The number of benzene rings is 1. The quantitative estimate of drug-likeness (QED) is 0.821. The van der Waals surface area contributed by atoms with E-state index in [-0.39, 0.29) is 0 Å². The van der Waals surface area contributed by atoms with Crippen molar-refractivity contribution in [1.82, 2.24) is 5.32 Å². The molecular weight excluding hydrogens is 206 g/mol. The van der Waals surface area contributed by atoms with Crippen molar-refractivity contribution in [1.29, 1.82) is 0 Å². The van der Waals surface area contributed by atoms with Crippen LogP contribution >= 0.6 is 11.6 Å². The van der Waals surface area contributed by atoms with E-state index >= 15 is 0 Å². The molecular formula is C13H16ClN. The second-order valence-corrected chi connectivity index (χ2v) is 5.19. The molecule has 1 nitrogen and oxygen atoms in total. The van der Waals surface area contributed by atoms with Gasteiger partial charge in [-0.1, -0.05) is 23.7 Å². The Morgan fingerprint density at radius 1 is 1.20 bits per heavy atom. The van der Waals surface area contributed by atoms with Crippen LogP contribution in [-0.4, -0.2) is 6.04 Å². The van der Waals surface area contributed by atoms with Crippen LogP contribution in [-0.2, 0) is 6.54 Å². The van der Waals surface area contributed by atoms with E-state index in [1.54, 1.807) is 0 Å². The Morgan fingerprint density at radius 2 is 2.00 bits per heavy atom. The summed E-state index contributed by atoms with van der Waals surface area (Å²) >= 11 is 6.19. The van der Waals surface area contributed by atoms with Gasteiger partial charge in [0.15, 0.2) is 0 Å². The largest absolute Gasteiger partial charge is 0.310 e. The average Bonchev–Trinajstić information content (AvgIpc) is 3.10. The fraction of sp³-hybridized carbons (Fsp3) is 0.538. The molecule has 0 heterocycles. The van der Waals surface area contributed by atoms with Crippen LogP contribution in [0, 0.1) is 0 Å². The Kier molecular flexibility index (Phi) is 2.45. The van der Waals surface area contributed by atoms with Gasteiger partial charge in [0.05, 0.1) is 0 Å². The molecule has 2 aliphatic rings. The monoisotopic (exact) mass is 221 g/mol. The van der Waals surface area contributed by atoms with E-state index in [4.69, 9.17) is 11.6 Å². The van der Waals surface area contributed by atoms with E-state index in [0.29, 0.717) is 0 Å². The minimum Gasteiger partial charge on any atom is -0.310 e. The molecule has 0 spiro atoms. The second-order valence-electron chi connectivity index (χ2n) is 4.78. The standard InChI is InChI=1S/C13H16ClN/c14-13-6-3-10(9-1-2-9)7-11(13)8-15-12-4-5-12/h3,6-7,9,12,15H,1-2,4-5,8H2. The van der Waals surface area contributed by atoms with Gasteiger partial charge in [0.25, 0.3) is 0 Å². The molecule has 15 heavy (non-hydrogen) atoms. The van der Waals surface area contributed by atoms with Crippen molar-refractivity contribution in [2.75, 3.05) is 0 Å². The second kappa shape index (κ2) is 3.80. The first kappa shape index (κ1) is 9.68. The van der Waals surface area contributed by atoms with Gasteiger partial charge in [-0.05, 0) is 48.8 Å². The zero-order valence-corrected chi connectivity index (χ0v) is 9.56. The lowest BCUT2D eigenvalue weighted by Gasteiger charge is -2.08. The third-order valence-corrected chi connectivity index (χ3v) is 3.65. The molecule has 1 N–H and O–H groups in total. The van der Waals surface area contributed by atoms with Gasteiger partial charge in [0.1, 0.15) is 0 Å². The van der Waals surface area contributed by atoms with Crippen molar-refractivity contribution in [2.24, 2.45) is 0 Å². The Balaban J connectivity index is 1.74. The summed E-state index contributed by atoms with van der Waals surface area (Å²) in [6, 6.07) is 7.28. The van der Waals surface area contributed by atoms with Crippen LogP contribution in [0.1, 0.15) is 42.7 Å². The zero-order valence-electron chi connectivity index (χ0n) is 8.80. The van der Waals surface area contributed by atoms with E-state index in [9.17, 15) is 0 Å². The Labute approximate surface area is 95.8 Å². The van der Waals surface area contributed by atoms with Crippen molar-refractivity contribution in [3.05, 3.63) is 34.3 Å². The zero-order chi connectivity index (χ0) is 10.3. The Bertz CT molecular complexity index is 367. The van der Waals surface area contributed by atoms with Crippen molar-refractivity contribution < 1.29 is 0 Å². The fourth-order valence-corrected chi connectivity index (χ4v) is 2.13. The Morgan fingerprint density at radius 3 is 2.67 bits per heavy atom. The normalized spacial score (nSPS) is 20.6. The summed E-state index contributed by atoms with van der Waals surface area (Å²) in [6.07, 6.45) is 5.38. The molecule has 1 aromatic carbocycles. The lowest BCUT2D eigenvalue weighted by molar-refractivity contribution is 0.687. The Hall–Kier alpha value is -0.530. The number of nitrogens with one attached hydrogen (secondary N) is 1. The molecule has 0 aliphatic heterocycles. The van der Waals surface area contributed by atoms with Crippen LogP contribution in [0.15, 0.2) is 18.2 Å². The van der Waals surface area contributed by atoms with Gasteiger partial charge >= 0.3 is 0 Å². The molecule has 3 rings (SSSR count). The van der Waals surface area contributed by atoms with Crippen LogP contribution in [0.3, 0.4) is 0 Å². The maximum absolute atomic E-state index is 6.19. The molecule has 2 aliphatic carbocycles. The molecule has 0 saturated heterocycles. The topological polar surface area (TPSA) is 12.0 Å². The van der Waals surface area contributed by atoms with Gasteiger partial charge in [-0.3, -0.25) is 0 Å². The number of hydrogen-bond donors (Lipinski definition) is 1. The van der Waals surface area contributed by atoms with Gasteiger partial charge in [-0.25, -0.2) is 0 Å². The van der Waals surface area contributed by atoms with Gasteiger partial charge < -0.3 is 5.32 Å². The predicted molar refractivity (Wildman–Crippen MR) is 63.3 cm³/mol. The summed E-state index contributed by atoms with van der Waals surface area (Å²) in [5.74, 6) is 0.821. The highest BCUT2D eigenvalue weighted by atomic mass is 35.5. The van der Waals surface area contributed by atoms with E-state index < -0.39 is 0 Å². The first-order chi connectivity index (χ1) is 7.33. The van der Waals surface area contributed by atoms with E-state index in [0.717, 1.165) is 23.5 Å². The highest BCUT2D eigenvalue weighted by molar-refractivity contribution is 6.31. The molecule has 0 unspecified atom stereocenters. The summed E-state index contributed by atoms with van der Waals surface area (Å²) in [5, 5.41) is 4.43. The number of rotatable bonds is 4. The SMILES string of the molecule is Clc1ccc(C2CC2)cc1CNC1CC1. The number of hydrogen-bond acceptors (Lipinski definition) is 1. The molecule has 1 aromatic rings. The predicted octanol–water partition coefficient (Wildman–Crippen LogP) is 3.47. The minimum atomic E-state index is 0.755. The van der Waals surface area contributed by atoms with E-state index in [1.165, 1.54) is 36.8 Å². The van der Waals surface area contributed by atoms with E-state index in [2.05, 4.69) is 23.5 Å². The maximum atomic E-state index is 6.19. The molecule has 2 heteroatoms. The molecule has 2 fully saturated rings. The molecule has 0 aromatic heterocycles. The van der Waals surface area contributed by atoms with Gasteiger partial charge in [0, 0.05) is 17.6 Å². The lowest BCUT2D eigenvalue weighted by Crippen LogP contribution is -2.15. The third kappa shape index (κ3) is 2.35. The first-order valence-corrected chi connectivity index (χ1v) is 6.22. The summed E-state index contributed by atoms with van der Waals surface area (Å²) in [6.45, 7) is 0.935. The van der Waals surface area contributed by atoms with Crippen LogP contribution in [0.5, 0.6) is 0 Å². The third-order valence-electron chi connectivity index (χ3n) is 3.28. The minimum absolute atomic E-state index is 0.755. The van der Waals surface area contributed by atoms with Crippen LogP contribution in [0.4, 0.5) is 0 Å². The lowest BCUT2D eigenvalue weighted by atomic mass is 10.1. The molecule has 0 bridgehead atoms. The van der Waals surface area contributed by atoms with Gasteiger partial charge in [-0.2, -0.15) is 0 Å². The highest BCUT2D eigenvalue weighted by Gasteiger charge is 2.24. The van der Waals surface area contributed by atoms with Gasteiger partial charge in [0.2, 0.25) is 0 Å². The summed E-state index contributed by atoms with van der Waals surface area (Å²) in [4.78, 5) is 0. The first-order valence-electron chi connectivity index (χ1n) is 5.84. The summed E-state index contributed by atoms with van der Waals surface area (Å²) in [7, 11) is 0. The smallest absolute Gasteiger partial charge is 0.0451 e. The van der Waals surface area contributed by atoms with Crippen LogP contribution < -0.4 is 5.32 Å². The molecule has 0 amide bonds. The van der Waals surface area contributed by atoms with Crippen molar-refractivity contribution in [3.8, 4) is 0 Å². The van der Waals surface area contributed by atoms with Crippen molar-refractivity contribution in [3.63, 3.8) is 0 Å². The summed E-state index contributed by atoms with van der Waals surface area (Å²) < 4.78 is 0. The maximum Gasteiger partial charge on any atom is 0.0451 e. The van der Waals surface area contributed by atoms with Crippen molar-refractivity contribution >= 4 is 11.6 Å². The van der Waals surface area contributed by atoms with Gasteiger partial charge in [-0.15, -0.1) is 0 Å². The van der Waals surface area contributed by atoms with Crippen LogP contribution in [0.25, 0.3) is 0 Å². The van der Waals surface area contributed by atoms with Crippen LogP contribution in [0.2, 0.25) is 5.02 Å². The number of halogens is 1. The molecule has 0 atom stereocenters. The van der Waals surface area contributed by atoms with E-state index in [1.807, 2.05) is 0 Å². The molecule has 2 saturated carbocycles. The van der Waals surface area contributed by atoms with Crippen molar-refractivity contribution in [2.45, 2.75) is 44.2 Å². The highest BCUT2D eigenvalue weighted by Crippen LogP contribution is 2.41.